The van der Waals surface area contributed by atoms with Crippen LogP contribution in [0.2, 0.25) is 5.02 Å². The van der Waals surface area contributed by atoms with E-state index in [4.69, 9.17) is 21.1 Å². The number of hydrogen-bond acceptors (Lipinski definition) is 4. The molecule has 3 aromatic carbocycles. The van der Waals surface area contributed by atoms with Gasteiger partial charge >= 0.3 is 0 Å². The van der Waals surface area contributed by atoms with Gasteiger partial charge in [0.2, 0.25) is 0 Å². The zero-order chi connectivity index (χ0) is 25.9. The predicted octanol–water partition coefficient (Wildman–Crippen LogP) is 7.15. The van der Waals surface area contributed by atoms with Crippen molar-refractivity contribution in [2.45, 2.75) is 33.3 Å². The molecule has 0 aliphatic carbocycles. The summed E-state index contributed by atoms with van der Waals surface area (Å²) in [6.07, 6.45) is 4.75. The van der Waals surface area contributed by atoms with E-state index in [1.54, 1.807) is 18.2 Å². The Morgan fingerprint density at radius 1 is 1.06 bits per heavy atom. The Hall–Kier alpha value is -4.01. The van der Waals surface area contributed by atoms with Crippen molar-refractivity contribution in [3.63, 3.8) is 0 Å². The summed E-state index contributed by atoms with van der Waals surface area (Å²) in [7, 11) is 0. The molecule has 0 unspecified atom stereocenters. The molecule has 0 aromatic heterocycles. The molecule has 0 fully saturated rings. The van der Waals surface area contributed by atoms with Gasteiger partial charge in [-0.1, -0.05) is 48.9 Å². The number of benzene rings is 3. The van der Waals surface area contributed by atoms with Gasteiger partial charge in [-0.15, -0.1) is 6.58 Å². The van der Waals surface area contributed by atoms with Crippen molar-refractivity contribution in [3.8, 4) is 17.6 Å². The molecule has 184 valence electrons. The van der Waals surface area contributed by atoms with Crippen molar-refractivity contribution in [2.75, 3.05) is 11.9 Å². The maximum atomic E-state index is 12.8. The molecule has 3 rings (SSSR count). The second-order valence-electron chi connectivity index (χ2n) is 8.02. The Kier molecular flexibility index (Phi) is 9.73. The summed E-state index contributed by atoms with van der Waals surface area (Å²) < 4.78 is 12.0. The third-order valence-corrected chi connectivity index (χ3v) is 5.66. The van der Waals surface area contributed by atoms with Crippen LogP contribution < -0.4 is 14.8 Å². The Morgan fingerprint density at radius 3 is 2.36 bits per heavy atom. The van der Waals surface area contributed by atoms with Crippen molar-refractivity contribution in [2.24, 2.45) is 0 Å². The Morgan fingerprint density at radius 2 is 1.75 bits per heavy atom. The first kappa shape index (κ1) is 26.6. The van der Waals surface area contributed by atoms with Crippen LogP contribution in [0.3, 0.4) is 0 Å². The summed E-state index contributed by atoms with van der Waals surface area (Å²) in [5.74, 6) is 0.654. The topological polar surface area (TPSA) is 71.4 Å². The smallest absolute Gasteiger partial charge is 0.266 e. The molecular formula is C30H29ClN2O3. The quantitative estimate of drug-likeness (QED) is 0.172. The van der Waals surface area contributed by atoms with Gasteiger partial charge in [-0.2, -0.15) is 5.26 Å². The normalized spacial score (nSPS) is 10.9. The predicted molar refractivity (Wildman–Crippen MR) is 145 cm³/mol. The number of rotatable bonds is 11. The molecular weight excluding hydrogens is 472 g/mol. The van der Waals surface area contributed by atoms with Gasteiger partial charge in [-0.05, 0) is 78.9 Å². The van der Waals surface area contributed by atoms with Crippen LogP contribution in [0.15, 0.2) is 78.9 Å². The molecule has 0 aliphatic rings. The first-order chi connectivity index (χ1) is 17.5. The van der Waals surface area contributed by atoms with Gasteiger partial charge in [-0.3, -0.25) is 4.79 Å². The highest BCUT2D eigenvalue weighted by Gasteiger charge is 2.15. The molecule has 1 N–H and O–H groups in total. The van der Waals surface area contributed by atoms with Gasteiger partial charge in [0.05, 0.1) is 6.61 Å². The van der Waals surface area contributed by atoms with Gasteiger partial charge in [0.25, 0.3) is 5.91 Å². The largest absolute Gasteiger partial charge is 0.490 e. The number of allylic oxidation sites excluding steroid dienone is 1. The summed E-state index contributed by atoms with van der Waals surface area (Å²) in [6, 6.07) is 20.6. The number of carbonyl (C=O) groups is 1. The minimum Gasteiger partial charge on any atom is -0.490 e. The lowest BCUT2D eigenvalue weighted by molar-refractivity contribution is -0.112. The molecule has 0 heterocycles. The van der Waals surface area contributed by atoms with E-state index < -0.39 is 5.91 Å². The lowest BCUT2D eigenvalue weighted by Crippen LogP contribution is -2.13. The van der Waals surface area contributed by atoms with E-state index in [0.29, 0.717) is 47.4 Å². The van der Waals surface area contributed by atoms with Crippen LogP contribution in [0.25, 0.3) is 6.08 Å². The Labute approximate surface area is 217 Å². The van der Waals surface area contributed by atoms with Crippen molar-refractivity contribution in [1.29, 1.82) is 5.26 Å². The average Bonchev–Trinajstić information content (AvgIpc) is 2.88. The third kappa shape index (κ3) is 7.24. The van der Waals surface area contributed by atoms with E-state index in [9.17, 15) is 10.1 Å². The number of ether oxygens (including phenoxy) is 2. The van der Waals surface area contributed by atoms with Gasteiger partial charge < -0.3 is 14.8 Å². The molecule has 3 aromatic rings. The molecule has 0 atom stereocenters. The first-order valence-corrected chi connectivity index (χ1v) is 12.1. The highest BCUT2D eigenvalue weighted by atomic mass is 35.5. The van der Waals surface area contributed by atoms with Crippen LogP contribution in [-0.2, 0) is 24.2 Å². The second kappa shape index (κ2) is 13.2. The van der Waals surface area contributed by atoms with E-state index in [2.05, 4.69) is 18.8 Å². The lowest BCUT2D eigenvalue weighted by atomic mass is 10.0. The average molecular weight is 501 g/mol. The van der Waals surface area contributed by atoms with E-state index in [1.165, 1.54) is 5.56 Å². The minimum absolute atomic E-state index is 0.0172. The summed E-state index contributed by atoms with van der Waals surface area (Å²) in [5, 5.41) is 13.1. The van der Waals surface area contributed by atoms with E-state index in [-0.39, 0.29) is 5.57 Å². The maximum absolute atomic E-state index is 12.8. The highest BCUT2D eigenvalue weighted by Crippen LogP contribution is 2.35. The molecule has 6 heteroatoms. The van der Waals surface area contributed by atoms with E-state index in [1.807, 2.05) is 67.6 Å². The lowest BCUT2D eigenvalue weighted by Gasteiger charge is -2.17. The fraction of sp³-hybridized carbons (Fsp3) is 0.200. The number of amides is 1. The first-order valence-electron chi connectivity index (χ1n) is 11.8. The molecule has 0 aliphatic heterocycles. The second-order valence-corrected chi connectivity index (χ2v) is 8.46. The zero-order valence-corrected chi connectivity index (χ0v) is 21.3. The van der Waals surface area contributed by atoms with Crippen LogP contribution in [0.5, 0.6) is 11.5 Å². The van der Waals surface area contributed by atoms with E-state index >= 15 is 0 Å². The standard InChI is InChI=1S/C30H29ClN2O3/c1-4-7-24-16-23(17-25(19-32)30(34)33-27-14-10-21(5-2)11-15-27)18-28(35-6-3)29(24)36-20-22-8-12-26(31)13-9-22/h4,8-18H,1,5-7,20H2,2-3H3,(H,33,34)/b25-17+. The van der Waals surface area contributed by atoms with Crippen LogP contribution in [0.4, 0.5) is 5.69 Å². The van der Waals surface area contributed by atoms with Crippen molar-refractivity contribution >= 4 is 29.3 Å². The number of carbonyl (C=O) groups excluding carboxylic acids is 1. The third-order valence-electron chi connectivity index (χ3n) is 5.41. The van der Waals surface area contributed by atoms with Gasteiger partial charge in [0, 0.05) is 16.3 Å². The van der Waals surface area contributed by atoms with Crippen LogP contribution in [0, 0.1) is 11.3 Å². The van der Waals surface area contributed by atoms with Crippen molar-refractivity contribution in [1.82, 2.24) is 0 Å². The zero-order valence-electron chi connectivity index (χ0n) is 20.5. The number of anilines is 1. The van der Waals surface area contributed by atoms with Crippen LogP contribution >= 0.6 is 11.6 Å². The molecule has 0 saturated carbocycles. The van der Waals surface area contributed by atoms with Gasteiger partial charge in [0.1, 0.15) is 18.2 Å². The number of nitrogens with one attached hydrogen (secondary N) is 1. The molecule has 36 heavy (non-hydrogen) atoms. The number of halogens is 1. The molecule has 0 bridgehead atoms. The summed E-state index contributed by atoms with van der Waals surface area (Å²) >= 11 is 5.98. The highest BCUT2D eigenvalue weighted by molar-refractivity contribution is 6.30. The Bertz CT molecular complexity index is 1270. The summed E-state index contributed by atoms with van der Waals surface area (Å²) in [6.45, 7) is 8.56. The minimum atomic E-state index is -0.479. The molecule has 5 nitrogen and oxygen atoms in total. The number of aryl methyl sites for hydroxylation is 1. The SMILES string of the molecule is C=CCc1cc(/C=C(\C#N)C(=O)Nc2ccc(CC)cc2)cc(OCC)c1OCc1ccc(Cl)cc1. The molecule has 0 saturated heterocycles. The molecule has 1 amide bonds. The van der Waals surface area contributed by atoms with Gasteiger partial charge in [-0.25, -0.2) is 0 Å². The monoisotopic (exact) mass is 500 g/mol. The maximum Gasteiger partial charge on any atom is 0.266 e. The molecule has 0 radical (unpaired) electrons. The Balaban J connectivity index is 1.90. The van der Waals surface area contributed by atoms with Crippen LogP contribution in [0.1, 0.15) is 36.1 Å². The summed E-state index contributed by atoms with van der Waals surface area (Å²) in [4.78, 5) is 12.8. The van der Waals surface area contributed by atoms with E-state index in [0.717, 1.165) is 17.5 Å². The van der Waals surface area contributed by atoms with Crippen molar-refractivity contribution in [3.05, 3.63) is 106 Å². The molecule has 0 spiro atoms. The number of nitriles is 1. The van der Waals surface area contributed by atoms with Crippen LogP contribution in [-0.4, -0.2) is 12.5 Å². The summed E-state index contributed by atoms with van der Waals surface area (Å²) in [5.41, 5.74) is 4.24. The van der Waals surface area contributed by atoms with Crippen molar-refractivity contribution < 1.29 is 14.3 Å². The fourth-order valence-corrected chi connectivity index (χ4v) is 3.70. The number of nitrogens with zero attached hydrogens (tertiary/aromatic N) is 1. The van der Waals surface area contributed by atoms with Gasteiger partial charge in [0.15, 0.2) is 11.5 Å². The fourth-order valence-electron chi connectivity index (χ4n) is 3.57. The number of hydrogen-bond donors (Lipinski definition) is 1.